The van der Waals surface area contributed by atoms with Gasteiger partial charge in [-0.2, -0.15) is 15.0 Å². The number of nitrogens with two attached hydrogens (primary N) is 4. The van der Waals surface area contributed by atoms with E-state index in [4.69, 9.17) is 27.9 Å². The van der Waals surface area contributed by atoms with Gasteiger partial charge < -0.3 is 37.6 Å². The molecule has 2 saturated heterocycles. The van der Waals surface area contributed by atoms with Gasteiger partial charge in [-0.1, -0.05) is 6.08 Å². The zero-order chi connectivity index (χ0) is 19.6. The maximum atomic E-state index is 6.16. The van der Waals surface area contributed by atoms with Crippen LogP contribution in [0.4, 0.5) is 17.8 Å². The molecule has 0 saturated carbocycles. The molecular formula is C17H32N10. The molecule has 0 bridgehead atoms. The Bertz CT molecular complexity index is 588. The van der Waals surface area contributed by atoms with Crippen LogP contribution in [0.5, 0.6) is 0 Å². The monoisotopic (exact) mass is 376 g/mol. The van der Waals surface area contributed by atoms with Crippen LogP contribution < -0.4 is 37.6 Å². The minimum atomic E-state index is 0.000140. The number of hydrogen-bond donors (Lipinski definition) is 4. The molecular weight excluding hydrogens is 344 g/mol. The SMILES string of the molecule is C=CCN(C)c1nc(N2C[C@H](N)C[C@H](N)C2)nc(N2C[C@H](N)C[C@H](N)C2)n1. The van der Waals surface area contributed by atoms with Crippen LogP contribution in [-0.4, -0.2) is 78.9 Å². The summed E-state index contributed by atoms with van der Waals surface area (Å²) < 4.78 is 0. The molecule has 2 aliphatic heterocycles. The average Bonchev–Trinajstić information content (AvgIpc) is 2.60. The lowest BCUT2D eigenvalue weighted by molar-refractivity contribution is 0.441. The van der Waals surface area contributed by atoms with Crippen molar-refractivity contribution in [2.45, 2.75) is 37.0 Å². The second-order valence-corrected chi connectivity index (χ2v) is 7.73. The van der Waals surface area contributed by atoms with Gasteiger partial charge in [-0.15, -0.1) is 6.58 Å². The summed E-state index contributed by atoms with van der Waals surface area (Å²) >= 11 is 0. The number of rotatable bonds is 5. The predicted octanol–water partition coefficient (Wildman–Crippen LogP) is -1.78. The fourth-order valence-corrected chi connectivity index (χ4v) is 3.76. The predicted molar refractivity (Wildman–Crippen MR) is 109 cm³/mol. The third kappa shape index (κ3) is 4.83. The fourth-order valence-electron chi connectivity index (χ4n) is 3.76. The number of likely N-dealkylation sites (N-methyl/N-ethyl adjacent to an activating group) is 1. The fraction of sp³-hybridized carbons (Fsp3) is 0.706. The van der Waals surface area contributed by atoms with E-state index in [-0.39, 0.29) is 24.2 Å². The Morgan fingerprint density at radius 2 is 1.30 bits per heavy atom. The van der Waals surface area contributed by atoms with E-state index in [9.17, 15) is 0 Å². The average molecular weight is 377 g/mol. The van der Waals surface area contributed by atoms with E-state index in [0.717, 1.165) is 12.8 Å². The van der Waals surface area contributed by atoms with Gasteiger partial charge in [0.05, 0.1) is 0 Å². The van der Waals surface area contributed by atoms with Gasteiger partial charge in [0.25, 0.3) is 0 Å². The molecule has 3 rings (SSSR count). The third-order valence-electron chi connectivity index (χ3n) is 4.94. The van der Waals surface area contributed by atoms with E-state index >= 15 is 0 Å². The van der Waals surface area contributed by atoms with Gasteiger partial charge in [0.2, 0.25) is 17.8 Å². The highest BCUT2D eigenvalue weighted by Crippen LogP contribution is 2.23. The summed E-state index contributed by atoms with van der Waals surface area (Å²) in [4.78, 5) is 20.0. The molecule has 1 aromatic heterocycles. The Hall–Kier alpha value is -2.01. The summed E-state index contributed by atoms with van der Waals surface area (Å²) in [5, 5.41) is 0. The molecule has 0 aliphatic carbocycles. The summed E-state index contributed by atoms with van der Waals surface area (Å²) in [5.74, 6) is 1.75. The summed E-state index contributed by atoms with van der Waals surface area (Å²) in [6, 6.07) is 0.000560. The first-order valence-corrected chi connectivity index (χ1v) is 9.46. The summed E-state index contributed by atoms with van der Waals surface area (Å²) in [5.41, 5.74) is 24.6. The van der Waals surface area contributed by atoms with Crippen LogP contribution in [0, 0.1) is 0 Å². The molecule has 4 atom stereocenters. The van der Waals surface area contributed by atoms with Crippen LogP contribution in [0.25, 0.3) is 0 Å². The minimum Gasteiger partial charge on any atom is -0.340 e. The summed E-state index contributed by atoms with van der Waals surface area (Å²) in [6.45, 7) is 7.09. The number of piperidine rings is 2. The van der Waals surface area contributed by atoms with Gasteiger partial charge in [-0.3, -0.25) is 0 Å². The molecule has 10 nitrogen and oxygen atoms in total. The smallest absolute Gasteiger partial charge is 0.232 e. The molecule has 10 heteroatoms. The van der Waals surface area contributed by atoms with E-state index in [1.54, 1.807) is 0 Å². The first-order valence-electron chi connectivity index (χ1n) is 9.46. The highest BCUT2D eigenvalue weighted by molar-refractivity contribution is 5.47. The lowest BCUT2D eigenvalue weighted by Gasteiger charge is -2.37. The molecule has 27 heavy (non-hydrogen) atoms. The zero-order valence-electron chi connectivity index (χ0n) is 16.0. The van der Waals surface area contributed by atoms with E-state index in [2.05, 4.69) is 16.5 Å². The second kappa shape index (κ2) is 8.34. The highest BCUT2D eigenvalue weighted by Gasteiger charge is 2.29. The van der Waals surface area contributed by atoms with Crippen molar-refractivity contribution >= 4 is 17.8 Å². The Kier molecular flexibility index (Phi) is 6.10. The van der Waals surface area contributed by atoms with Gasteiger partial charge in [0.1, 0.15) is 0 Å². The van der Waals surface area contributed by atoms with Crippen LogP contribution in [0.3, 0.4) is 0 Å². The third-order valence-corrected chi connectivity index (χ3v) is 4.94. The van der Waals surface area contributed by atoms with Crippen molar-refractivity contribution in [3.8, 4) is 0 Å². The van der Waals surface area contributed by atoms with Crippen molar-refractivity contribution in [1.82, 2.24) is 15.0 Å². The number of anilines is 3. The van der Waals surface area contributed by atoms with Crippen molar-refractivity contribution in [1.29, 1.82) is 0 Å². The quantitative estimate of drug-likeness (QED) is 0.434. The Morgan fingerprint density at radius 3 is 1.67 bits per heavy atom. The van der Waals surface area contributed by atoms with Crippen LogP contribution in [0.2, 0.25) is 0 Å². The van der Waals surface area contributed by atoms with Crippen LogP contribution in [0.1, 0.15) is 12.8 Å². The van der Waals surface area contributed by atoms with Gasteiger partial charge in [0, 0.05) is 63.9 Å². The van der Waals surface area contributed by atoms with Crippen LogP contribution in [0.15, 0.2) is 12.7 Å². The Balaban J connectivity index is 1.94. The molecule has 2 aliphatic rings. The van der Waals surface area contributed by atoms with Crippen LogP contribution >= 0.6 is 0 Å². The molecule has 2 fully saturated rings. The van der Waals surface area contributed by atoms with Gasteiger partial charge in [-0.25, -0.2) is 0 Å². The maximum Gasteiger partial charge on any atom is 0.232 e. The molecule has 0 aromatic carbocycles. The normalized spacial score (nSPS) is 28.9. The van der Waals surface area contributed by atoms with E-state index in [1.807, 2.05) is 27.8 Å². The maximum absolute atomic E-state index is 6.16. The van der Waals surface area contributed by atoms with Gasteiger partial charge in [-0.05, 0) is 12.8 Å². The van der Waals surface area contributed by atoms with Gasteiger partial charge in [0.15, 0.2) is 0 Å². The van der Waals surface area contributed by atoms with Gasteiger partial charge >= 0.3 is 0 Å². The largest absolute Gasteiger partial charge is 0.340 e. The van der Waals surface area contributed by atoms with E-state index in [0.29, 0.717) is 50.6 Å². The molecule has 3 heterocycles. The lowest BCUT2D eigenvalue weighted by Crippen LogP contribution is -2.54. The van der Waals surface area contributed by atoms with Crippen molar-refractivity contribution < 1.29 is 0 Å². The Labute approximate surface area is 160 Å². The number of nitrogens with zero attached hydrogens (tertiary/aromatic N) is 6. The molecule has 0 unspecified atom stereocenters. The number of hydrogen-bond acceptors (Lipinski definition) is 10. The van der Waals surface area contributed by atoms with Crippen molar-refractivity contribution in [2.75, 3.05) is 54.5 Å². The number of aromatic nitrogens is 3. The second-order valence-electron chi connectivity index (χ2n) is 7.73. The van der Waals surface area contributed by atoms with Crippen LogP contribution in [-0.2, 0) is 0 Å². The first kappa shape index (κ1) is 19.7. The topological polar surface area (TPSA) is 152 Å². The summed E-state index contributed by atoms with van der Waals surface area (Å²) in [6.07, 6.45) is 3.41. The molecule has 1 aromatic rings. The molecule has 0 spiro atoms. The van der Waals surface area contributed by atoms with Crippen molar-refractivity contribution in [3.63, 3.8) is 0 Å². The van der Waals surface area contributed by atoms with E-state index < -0.39 is 0 Å². The zero-order valence-corrected chi connectivity index (χ0v) is 16.0. The first-order chi connectivity index (χ1) is 12.9. The molecule has 0 radical (unpaired) electrons. The molecule has 0 amide bonds. The Morgan fingerprint density at radius 1 is 0.889 bits per heavy atom. The van der Waals surface area contributed by atoms with Crippen molar-refractivity contribution in [2.24, 2.45) is 22.9 Å². The summed E-state index contributed by atoms with van der Waals surface area (Å²) in [7, 11) is 1.92. The van der Waals surface area contributed by atoms with E-state index in [1.165, 1.54) is 0 Å². The molecule has 8 N–H and O–H groups in total. The highest BCUT2D eigenvalue weighted by atomic mass is 15.4. The minimum absolute atomic E-state index is 0.000140. The standard InChI is InChI=1S/C17H32N10/c1-3-4-25(2)15-22-16(26-7-11(18)5-12(19)8-26)24-17(23-15)27-9-13(20)6-14(21)10-27/h3,11-14H,1,4-10,18-21H2,2H3/t11-,12+,13-,14+. The molecule has 150 valence electrons. The lowest BCUT2D eigenvalue weighted by atomic mass is 10.0. The van der Waals surface area contributed by atoms with Crippen molar-refractivity contribution in [3.05, 3.63) is 12.7 Å².